The Morgan fingerprint density at radius 3 is 2.26 bits per heavy atom. The second kappa shape index (κ2) is 9.12. The van der Waals surface area contributed by atoms with Crippen LogP contribution in [0.5, 0.6) is 0 Å². The van der Waals surface area contributed by atoms with E-state index >= 15 is 0 Å². The number of rotatable bonds is 4. The summed E-state index contributed by atoms with van der Waals surface area (Å²) in [4.78, 5) is 29.6. The van der Waals surface area contributed by atoms with Crippen LogP contribution in [0.2, 0.25) is 0 Å². The SMILES string of the molecule is Cc1c(-c2ccccc2)nn(CC(C)C)c(=O)c1N1CCN(C(=O)OC(C)(C)C)CC1. The van der Waals surface area contributed by atoms with Gasteiger partial charge in [-0.05, 0) is 33.6 Å². The average molecular weight is 427 g/mol. The smallest absolute Gasteiger partial charge is 0.410 e. The number of benzene rings is 1. The lowest BCUT2D eigenvalue weighted by Crippen LogP contribution is -2.51. The van der Waals surface area contributed by atoms with Gasteiger partial charge < -0.3 is 14.5 Å². The maximum absolute atomic E-state index is 13.4. The molecular weight excluding hydrogens is 392 g/mol. The molecular formula is C24H34N4O3. The van der Waals surface area contributed by atoms with Gasteiger partial charge in [-0.15, -0.1) is 0 Å². The van der Waals surface area contributed by atoms with E-state index in [-0.39, 0.29) is 11.7 Å². The van der Waals surface area contributed by atoms with E-state index in [1.54, 1.807) is 9.58 Å². The van der Waals surface area contributed by atoms with Crippen molar-refractivity contribution in [1.82, 2.24) is 14.7 Å². The molecule has 2 aromatic rings. The van der Waals surface area contributed by atoms with Crippen LogP contribution in [-0.4, -0.2) is 52.6 Å². The van der Waals surface area contributed by atoms with Gasteiger partial charge in [-0.2, -0.15) is 5.10 Å². The quantitative estimate of drug-likeness (QED) is 0.741. The largest absolute Gasteiger partial charge is 0.444 e. The van der Waals surface area contributed by atoms with Crippen LogP contribution in [0.3, 0.4) is 0 Å². The summed E-state index contributed by atoms with van der Waals surface area (Å²) < 4.78 is 7.09. The molecule has 3 rings (SSSR count). The standard InChI is InChI=1S/C24H34N4O3/c1-17(2)16-28-22(29)21(18(3)20(25-28)19-10-8-7-9-11-19)26-12-14-27(15-13-26)23(30)31-24(4,5)6/h7-11,17H,12-16H2,1-6H3. The summed E-state index contributed by atoms with van der Waals surface area (Å²) in [7, 11) is 0. The minimum atomic E-state index is -0.523. The van der Waals surface area contributed by atoms with Crippen molar-refractivity contribution in [2.24, 2.45) is 5.92 Å². The van der Waals surface area contributed by atoms with Gasteiger partial charge in [0.1, 0.15) is 11.3 Å². The van der Waals surface area contributed by atoms with Crippen LogP contribution in [0.4, 0.5) is 10.5 Å². The summed E-state index contributed by atoms with van der Waals surface area (Å²) in [5.41, 5.74) is 2.78. The van der Waals surface area contributed by atoms with Crippen LogP contribution < -0.4 is 10.5 Å². The van der Waals surface area contributed by atoms with E-state index in [4.69, 9.17) is 9.84 Å². The molecule has 0 atom stereocenters. The number of hydrogen-bond donors (Lipinski definition) is 0. The van der Waals surface area contributed by atoms with Gasteiger partial charge in [-0.25, -0.2) is 9.48 Å². The summed E-state index contributed by atoms with van der Waals surface area (Å²) in [6.07, 6.45) is -0.305. The monoisotopic (exact) mass is 426 g/mol. The van der Waals surface area contributed by atoms with Crippen molar-refractivity contribution < 1.29 is 9.53 Å². The molecule has 1 aliphatic heterocycles. The molecule has 0 spiro atoms. The summed E-state index contributed by atoms with van der Waals surface area (Å²) in [6.45, 7) is 14.5. The number of carbonyl (C=O) groups excluding carboxylic acids is 1. The van der Waals surface area contributed by atoms with Crippen molar-refractivity contribution in [2.45, 2.75) is 53.7 Å². The molecule has 31 heavy (non-hydrogen) atoms. The van der Waals surface area contributed by atoms with Gasteiger partial charge in [0.05, 0.1) is 5.69 Å². The topological polar surface area (TPSA) is 67.7 Å². The Morgan fingerprint density at radius 1 is 1.10 bits per heavy atom. The number of amides is 1. The highest BCUT2D eigenvalue weighted by atomic mass is 16.6. The Kier molecular flexibility index (Phi) is 6.72. The molecule has 1 aromatic carbocycles. The Bertz CT molecular complexity index is 969. The van der Waals surface area contributed by atoms with Gasteiger partial charge in [-0.1, -0.05) is 44.2 Å². The molecule has 2 heterocycles. The number of aromatic nitrogens is 2. The first-order valence-corrected chi connectivity index (χ1v) is 11.0. The second-order valence-corrected chi connectivity index (χ2v) is 9.52. The Balaban J connectivity index is 1.92. The molecule has 7 heteroatoms. The van der Waals surface area contributed by atoms with Crippen LogP contribution in [0.15, 0.2) is 35.1 Å². The Hall–Kier alpha value is -2.83. The fourth-order valence-electron chi connectivity index (χ4n) is 3.79. The molecule has 0 radical (unpaired) electrons. The zero-order valence-corrected chi connectivity index (χ0v) is 19.5. The molecule has 0 saturated carbocycles. The molecule has 0 aliphatic carbocycles. The third kappa shape index (κ3) is 5.46. The van der Waals surface area contributed by atoms with Crippen LogP contribution >= 0.6 is 0 Å². The number of nitrogens with zero attached hydrogens (tertiary/aromatic N) is 4. The van der Waals surface area contributed by atoms with E-state index in [1.807, 2.05) is 58.0 Å². The highest BCUT2D eigenvalue weighted by Gasteiger charge is 2.28. The second-order valence-electron chi connectivity index (χ2n) is 9.52. The summed E-state index contributed by atoms with van der Waals surface area (Å²) in [5.74, 6) is 0.299. The minimum Gasteiger partial charge on any atom is -0.444 e. The number of ether oxygens (including phenoxy) is 1. The van der Waals surface area contributed by atoms with Gasteiger partial charge in [0.25, 0.3) is 5.56 Å². The number of carbonyl (C=O) groups is 1. The van der Waals surface area contributed by atoms with E-state index in [9.17, 15) is 9.59 Å². The minimum absolute atomic E-state index is 0.0726. The number of hydrogen-bond acceptors (Lipinski definition) is 5. The molecule has 1 saturated heterocycles. The predicted octanol–water partition coefficient (Wildman–Crippen LogP) is 3.93. The van der Waals surface area contributed by atoms with Gasteiger partial charge in [0.2, 0.25) is 0 Å². The average Bonchev–Trinajstić information content (AvgIpc) is 2.70. The molecule has 1 aromatic heterocycles. The van der Waals surface area contributed by atoms with Gasteiger partial charge >= 0.3 is 6.09 Å². The van der Waals surface area contributed by atoms with Crippen molar-refractivity contribution in [2.75, 3.05) is 31.1 Å². The van der Waals surface area contributed by atoms with Gasteiger partial charge in [0.15, 0.2) is 0 Å². The van der Waals surface area contributed by atoms with Crippen LogP contribution in [0.25, 0.3) is 11.3 Å². The highest BCUT2D eigenvalue weighted by Crippen LogP contribution is 2.27. The van der Waals surface area contributed by atoms with E-state index in [0.717, 1.165) is 16.8 Å². The zero-order chi connectivity index (χ0) is 22.8. The van der Waals surface area contributed by atoms with Crippen LogP contribution in [-0.2, 0) is 11.3 Å². The fourth-order valence-corrected chi connectivity index (χ4v) is 3.79. The van der Waals surface area contributed by atoms with E-state index in [0.29, 0.717) is 44.3 Å². The maximum Gasteiger partial charge on any atom is 0.410 e. The van der Waals surface area contributed by atoms with Gasteiger partial charge in [0, 0.05) is 43.9 Å². The van der Waals surface area contributed by atoms with Gasteiger partial charge in [-0.3, -0.25) is 4.79 Å². The van der Waals surface area contributed by atoms with Crippen molar-refractivity contribution in [1.29, 1.82) is 0 Å². The lowest BCUT2D eigenvalue weighted by molar-refractivity contribution is 0.0240. The molecule has 1 fully saturated rings. The van der Waals surface area contributed by atoms with Crippen molar-refractivity contribution in [3.8, 4) is 11.3 Å². The summed E-state index contributed by atoms with van der Waals surface area (Å²) in [6, 6.07) is 9.97. The van der Waals surface area contributed by atoms with Crippen LogP contribution in [0.1, 0.15) is 40.2 Å². The normalized spacial score (nSPS) is 14.8. The summed E-state index contributed by atoms with van der Waals surface area (Å²) >= 11 is 0. The Morgan fingerprint density at radius 2 is 1.71 bits per heavy atom. The van der Waals surface area contributed by atoms with E-state index in [2.05, 4.69) is 18.7 Å². The third-order valence-corrected chi connectivity index (χ3v) is 5.20. The first-order chi connectivity index (χ1) is 14.6. The van der Waals surface area contributed by atoms with Crippen molar-refractivity contribution in [3.05, 3.63) is 46.2 Å². The lowest BCUT2D eigenvalue weighted by atomic mass is 10.1. The molecule has 0 N–H and O–H groups in total. The van der Waals surface area contributed by atoms with Crippen molar-refractivity contribution in [3.63, 3.8) is 0 Å². The summed E-state index contributed by atoms with van der Waals surface area (Å²) in [5, 5.41) is 4.71. The molecule has 7 nitrogen and oxygen atoms in total. The highest BCUT2D eigenvalue weighted by molar-refractivity contribution is 5.71. The molecule has 1 aliphatic rings. The molecule has 0 bridgehead atoms. The zero-order valence-electron chi connectivity index (χ0n) is 19.5. The lowest BCUT2D eigenvalue weighted by Gasteiger charge is -2.37. The molecule has 0 unspecified atom stereocenters. The predicted molar refractivity (Wildman–Crippen MR) is 124 cm³/mol. The van der Waals surface area contributed by atoms with Crippen molar-refractivity contribution >= 4 is 11.8 Å². The first-order valence-electron chi connectivity index (χ1n) is 11.0. The van der Waals surface area contributed by atoms with E-state index < -0.39 is 5.60 Å². The third-order valence-electron chi connectivity index (χ3n) is 5.20. The number of anilines is 1. The first kappa shape index (κ1) is 22.8. The fraction of sp³-hybridized carbons (Fsp3) is 0.542. The number of piperazine rings is 1. The van der Waals surface area contributed by atoms with E-state index in [1.165, 1.54) is 0 Å². The van der Waals surface area contributed by atoms with Crippen LogP contribution in [0, 0.1) is 12.8 Å². The molecule has 1 amide bonds. The Labute approximate surface area is 184 Å². The molecule has 168 valence electrons. The maximum atomic E-state index is 13.4.